The fourth-order valence-corrected chi connectivity index (χ4v) is 6.47. The number of nitrogens with zero attached hydrogens (tertiary/aromatic N) is 4. The van der Waals surface area contributed by atoms with E-state index in [1.54, 1.807) is 24.8 Å². The standard InChI is InChI=1S/C35H47F3N6O5/c1-6-30(46)42-31(33(48)44-15-13-43(4)14-16-44)22(3)24-11-12-28(27(36)17-24)41-32(47)26(23-9-7-21(2)8-10-23)18-29(45)35(37,38)25-19-39-34(49-5)40-20-25/h11-12,17,19-23,26,31H,6-10,13-16,18H2,1-5H3,(H,41,47)(H,42,46)/t21?,22-,23?,26-,31+/m0/s1. The van der Waals surface area contributed by atoms with Crippen molar-refractivity contribution in [2.24, 2.45) is 17.8 Å². The van der Waals surface area contributed by atoms with Gasteiger partial charge in [-0.3, -0.25) is 19.2 Å². The Balaban J connectivity index is 1.53. The van der Waals surface area contributed by atoms with Crippen LogP contribution in [0.4, 0.5) is 18.9 Å². The topological polar surface area (TPSA) is 134 Å². The average Bonchev–Trinajstić information content (AvgIpc) is 3.10. The first-order valence-electron chi connectivity index (χ1n) is 16.9. The highest BCUT2D eigenvalue weighted by Crippen LogP contribution is 2.39. The van der Waals surface area contributed by atoms with Crippen molar-refractivity contribution in [3.8, 4) is 6.01 Å². The molecule has 4 rings (SSSR count). The van der Waals surface area contributed by atoms with Crippen LogP contribution in [0.3, 0.4) is 0 Å². The summed E-state index contributed by atoms with van der Waals surface area (Å²) in [5.74, 6) is -9.21. The number of Topliss-reactive ketones (excluding diaryl/α,β-unsaturated/α-hetero) is 1. The molecule has 14 heteroatoms. The van der Waals surface area contributed by atoms with Crippen molar-refractivity contribution in [3.05, 3.63) is 47.5 Å². The van der Waals surface area contributed by atoms with Gasteiger partial charge in [0.15, 0.2) is 0 Å². The molecule has 3 atom stereocenters. The number of methoxy groups -OCH3 is 1. The van der Waals surface area contributed by atoms with Crippen LogP contribution in [-0.4, -0.2) is 89.7 Å². The molecule has 11 nitrogen and oxygen atoms in total. The summed E-state index contributed by atoms with van der Waals surface area (Å²) in [6, 6.07) is 3.04. The third-order valence-corrected chi connectivity index (χ3v) is 9.89. The summed E-state index contributed by atoms with van der Waals surface area (Å²) in [5.41, 5.74) is -0.476. The molecule has 1 saturated carbocycles. The van der Waals surface area contributed by atoms with E-state index in [-0.39, 0.29) is 35.9 Å². The van der Waals surface area contributed by atoms with E-state index in [9.17, 15) is 19.2 Å². The molecule has 1 aromatic heterocycles. The Morgan fingerprint density at radius 1 is 1.04 bits per heavy atom. The van der Waals surface area contributed by atoms with Gasteiger partial charge in [-0.25, -0.2) is 14.4 Å². The van der Waals surface area contributed by atoms with Gasteiger partial charge in [0.05, 0.1) is 18.4 Å². The fourth-order valence-electron chi connectivity index (χ4n) is 6.47. The molecule has 1 aromatic carbocycles. The maximum Gasteiger partial charge on any atom is 0.333 e. The van der Waals surface area contributed by atoms with Crippen molar-refractivity contribution in [2.75, 3.05) is 45.7 Å². The van der Waals surface area contributed by atoms with E-state index in [2.05, 4.69) is 32.4 Å². The van der Waals surface area contributed by atoms with Crippen molar-refractivity contribution in [3.63, 3.8) is 0 Å². The van der Waals surface area contributed by atoms with E-state index >= 15 is 13.2 Å². The molecule has 2 heterocycles. The van der Waals surface area contributed by atoms with Gasteiger partial charge in [-0.05, 0) is 49.4 Å². The summed E-state index contributed by atoms with van der Waals surface area (Å²) >= 11 is 0. The molecule has 2 aliphatic rings. The van der Waals surface area contributed by atoms with Crippen molar-refractivity contribution in [1.82, 2.24) is 25.1 Å². The molecule has 3 amide bonds. The Morgan fingerprint density at radius 3 is 2.24 bits per heavy atom. The monoisotopic (exact) mass is 688 g/mol. The number of benzene rings is 1. The number of hydrogen-bond donors (Lipinski definition) is 2. The van der Waals surface area contributed by atoms with Gasteiger partial charge in [0.1, 0.15) is 11.9 Å². The van der Waals surface area contributed by atoms with E-state index in [1.165, 1.54) is 19.2 Å². The number of ether oxygens (including phenoxy) is 1. The van der Waals surface area contributed by atoms with Crippen molar-refractivity contribution < 1.29 is 37.1 Å². The van der Waals surface area contributed by atoms with Crippen LogP contribution in [0.15, 0.2) is 30.6 Å². The second kappa shape index (κ2) is 16.6. The predicted molar refractivity (Wildman–Crippen MR) is 176 cm³/mol. The molecule has 1 saturated heterocycles. The Hall–Kier alpha value is -4.07. The Bertz CT molecular complexity index is 1480. The maximum atomic E-state index is 15.6. The first kappa shape index (κ1) is 37.7. The number of piperazine rings is 1. The van der Waals surface area contributed by atoms with Gasteiger partial charge in [-0.2, -0.15) is 8.78 Å². The molecule has 0 bridgehead atoms. The highest BCUT2D eigenvalue weighted by atomic mass is 19.3. The van der Waals surface area contributed by atoms with Gasteiger partial charge >= 0.3 is 11.9 Å². The first-order chi connectivity index (χ1) is 23.2. The fraction of sp³-hybridized carbons (Fsp3) is 0.600. The number of rotatable bonds is 13. The molecule has 0 radical (unpaired) electrons. The van der Waals surface area contributed by atoms with E-state index < -0.39 is 53.3 Å². The van der Waals surface area contributed by atoms with Crippen molar-refractivity contribution in [1.29, 1.82) is 0 Å². The second-order valence-electron chi connectivity index (χ2n) is 13.3. The number of carbonyl (C=O) groups is 4. The minimum atomic E-state index is -3.96. The molecule has 2 fully saturated rings. The molecule has 0 spiro atoms. The number of ketones is 1. The van der Waals surface area contributed by atoms with Crippen LogP contribution in [-0.2, 0) is 25.1 Å². The van der Waals surface area contributed by atoms with Gasteiger partial charge in [-0.1, -0.05) is 39.7 Å². The molecular formula is C35H47F3N6O5. The van der Waals surface area contributed by atoms with E-state index in [0.29, 0.717) is 50.5 Å². The smallest absolute Gasteiger partial charge is 0.333 e. The van der Waals surface area contributed by atoms with Gasteiger partial charge in [0.25, 0.3) is 0 Å². The number of hydrogen-bond acceptors (Lipinski definition) is 8. The number of amides is 3. The third-order valence-electron chi connectivity index (χ3n) is 9.89. The second-order valence-corrected chi connectivity index (χ2v) is 13.3. The summed E-state index contributed by atoms with van der Waals surface area (Å²) < 4.78 is 51.0. The minimum Gasteiger partial charge on any atom is -0.467 e. The molecule has 1 aliphatic heterocycles. The molecule has 2 aromatic rings. The molecule has 0 unspecified atom stereocenters. The molecule has 49 heavy (non-hydrogen) atoms. The SMILES string of the molecule is CCC(=O)N[C@@H](C(=O)N1CCN(C)CC1)[C@@H](C)c1ccc(NC(=O)[C@@H](CC(=O)C(F)(F)c2cnc(OC)nc2)C2CCC(C)CC2)c(F)c1. The number of carbonyl (C=O) groups excluding carboxylic acids is 4. The highest BCUT2D eigenvalue weighted by Gasteiger charge is 2.45. The Morgan fingerprint density at radius 2 is 1.67 bits per heavy atom. The van der Waals surface area contributed by atoms with Gasteiger partial charge in [0.2, 0.25) is 23.5 Å². The largest absolute Gasteiger partial charge is 0.467 e. The zero-order chi connectivity index (χ0) is 35.9. The molecule has 1 aliphatic carbocycles. The average molecular weight is 689 g/mol. The maximum absolute atomic E-state index is 15.6. The van der Waals surface area contributed by atoms with Gasteiger partial charge < -0.3 is 25.2 Å². The number of halogens is 3. The van der Waals surface area contributed by atoms with Crippen molar-refractivity contribution >= 4 is 29.2 Å². The summed E-state index contributed by atoms with van der Waals surface area (Å²) in [7, 11) is 3.25. The van der Waals surface area contributed by atoms with Crippen LogP contribution < -0.4 is 15.4 Å². The highest BCUT2D eigenvalue weighted by molar-refractivity contribution is 5.97. The quantitative estimate of drug-likeness (QED) is 0.314. The Labute approximate surface area is 285 Å². The summed E-state index contributed by atoms with van der Waals surface area (Å²) in [6.07, 6.45) is 3.72. The lowest BCUT2D eigenvalue weighted by Gasteiger charge is -2.36. The third kappa shape index (κ3) is 9.34. The normalized spacial score (nSPS) is 20.5. The summed E-state index contributed by atoms with van der Waals surface area (Å²) in [5, 5.41) is 5.34. The van der Waals surface area contributed by atoms with Gasteiger partial charge in [0, 0.05) is 63.3 Å². The van der Waals surface area contributed by atoms with Crippen LogP contribution in [0.25, 0.3) is 0 Å². The molecule has 268 valence electrons. The lowest BCUT2D eigenvalue weighted by Crippen LogP contribution is -2.55. The lowest BCUT2D eigenvalue weighted by molar-refractivity contribution is -0.147. The number of nitrogens with one attached hydrogen (secondary N) is 2. The number of alkyl halides is 2. The number of likely N-dealkylation sites (N-methyl/N-ethyl adjacent to an activating group) is 1. The Kier molecular flexibility index (Phi) is 12.8. The minimum absolute atomic E-state index is 0.133. The summed E-state index contributed by atoms with van der Waals surface area (Å²) in [6.45, 7) is 7.87. The predicted octanol–water partition coefficient (Wildman–Crippen LogP) is 4.53. The van der Waals surface area contributed by atoms with Crippen LogP contribution in [0.1, 0.15) is 76.3 Å². The van der Waals surface area contributed by atoms with E-state index in [1.807, 2.05) is 7.05 Å². The number of anilines is 1. The van der Waals surface area contributed by atoms with Crippen molar-refractivity contribution in [2.45, 2.75) is 77.2 Å². The number of aromatic nitrogens is 2. The molecule has 2 N–H and O–H groups in total. The van der Waals surface area contributed by atoms with Crippen LogP contribution >= 0.6 is 0 Å². The zero-order valence-electron chi connectivity index (χ0n) is 28.8. The zero-order valence-corrected chi connectivity index (χ0v) is 28.8. The molecular weight excluding hydrogens is 641 g/mol. The van der Waals surface area contributed by atoms with Crippen LogP contribution in [0, 0.1) is 23.6 Å². The summed E-state index contributed by atoms with van der Waals surface area (Å²) in [4.78, 5) is 63.9. The lowest BCUT2D eigenvalue weighted by atomic mass is 9.74. The van der Waals surface area contributed by atoms with E-state index in [0.717, 1.165) is 25.2 Å². The van der Waals surface area contributed by atoms with Crippen LogP contribution in [0.5, 0.6) is 6.01 Å². The van der Waals surface area contributed by atoms with Gasteiger partial charge in [-0.15, -0.1) is 0 Å². The van der Waals surface area contributed by atoms with E-state index in [4.69, 9.17) is 4.74 Å². The van der Waals surface area contributed by atoms with Crippen LogP contribution in [0.2, 0.25) is 0 Å². The first-order valence-corrected chi connectivity index (χ1v) is 16.9.